The summed E-state index contributed by atoms with van der Waals surface area (Å²) in [7, 11) is 0. The van der Waals surface area contributed by atoms with Crippen LogP contribution in [0.3, 0.4) is 0 Å². The molecule has 7 nitrogen and oxygen atoms in total. The van der Waals surface area contributed by atoms with Crippen LogP contribution in [0, 0.1) is 11.2 Å². The molecule has 34 heavy (non-hydrogen) atoms. The molecule has 2 fully saturated rings. The number of pyridine rings is 1. The Hall–Kier alpha value is -3.12. The third-order valence-corrected chi connectivity index (χ3v) is 6.68. The number of hydrogen-bond acceptors (Lipinski definition) is 6. The van der Waals surface area contributed by atoms with Crippen LogP contribution in [0.15, 0.2) is 24.7 Å². The van der Waals surface area contributed by atoms with Gasteiger partial charge in [0.15, 0.2) is 17.3 Å². The van der Waals surface area contributed by atoms with E-state index < -0.39 is 30.5 Å². The molecule has 182 valence electrons. The van der Waals surface area contributed by atoms with Gasteiger partial charge in [-0.3, -0.25) is 0 Å². The fraction of sp³-hybridized carbons (Fsp3) is 0.524. The van der Waals surface area contributed by atoms with Crippen LogP contribution in [-0.4, -0.2) is 57.3 Å². The summed E-state index contributed by atoms with van der Waals surface area (Å²) >= 11 is 0. The van der Waals surface area contributed by atoms with Crippen molar-refractivity contribution < 1.29 is 26.3 Å². The minimum absolute atomic E-state index is 0.0593. The number of halogens is 6. The highest BCUT2D eigenvalue weighted by Gasteiger charge is 2.42. The molecule has 0 amide bonds. The first kappa shape index (κ1) is 22.7. The fourth-order valence-corrected chi connectivity index (χ4v) is 4.81. The number of rotatable bonds is 4. The lowest BCUT2D eigenvalue weighted by Gasteiger charge is -2.39. The number of piperidine rings is 1. The molecule has 1 spiro atoms. The molecule has 2 aliphatic heterocycles. The van der Waals surface area contributed by atoms with Gasteiger partial charge in [0.1, 0.15) is 17.9 Å². The standard InChI is InChI=1S/C21H21F6N7/c22-14-7-13(21(25,26)27)8-29-18(14)33-6-3-20(12-33)1-4-32(5-2-20)17-10-28-15-9-30-34(11-16(23)24)19(15)31-17/h7-10,16H,1-6,11-12H2. The highest BCUT2D eigenvalue weighted by atomic mass is 19.4. The lowest BCUT2D eigenvalue weighted by atomic mass is 9.78. The first-order valence-corrected chi connectivity index (χ1v) is 10.8. The lowest BCUT2D eigenvalue weighted by Crippen LogP contribution is -2.42. The molecule has 0 atom stereocenters. The smallest absolute Gasteiger partial charge is 0.355 e. The average Bonchev–Trinajstić information content (AvgIpc) is 3.37. The first-order valence-electron chi connectivity index (χ1n) is 10.8. The fourth-order valence-electron chi connectivity index (χ4n) is 4.81. The van der Waals surface area contributed by atoms with E-state index in [0.29, 0.717) is 55.4 Å². The van der Waals surface area contributed by atoms with Crippen molar-refractivity contribution in [3.63, 3.8) is 0 Å². The number of nitrogens with zero attached hydrogens (tertiary/aromatic N) is 7. The van der Waals surface area contributed by atoms with Crippen molar-refractivity contribution in [3.05, 3.63) is 36.0 Å². The van der Waals surface area contributed by atoms with E-state index in [0.717, 1.165) is 23.9 Å². The highest BCUT2D eigenvalue weighted by Crippen LogP contribution is 2.43. The topological polar surface area (TPSA) is 63.0 Å². The molecule has 0 bridgehead atoms. The van der Waals surface area contributed by atoms with Gasteiger partial charge in [0.25, 0.3) is 6.43 Å². The maximum atomic E-state index is 14.4. The average molecular weight is 485 g/mol. The van der Waals surface area contributed by atoms with Crippen LogP contribution in [0.4, 0.5) is 38.0 Å². The Labute approximate surface area is 190 Å². The summed E-state index contributed by atoms with van der Waals surface area (Å²) in [4.78, 5) is 16.3. The van der Waals surface area contributed by atoms with Gasteiger partial charge in [-0.15, -0.1) is 0 Å². The Balaban J connectivity index is 1.27. The summed E-state index contributed by atoms with van der Waals surface area (Å²) in [5, 5.41) is 3.93. The van der Waals surface area contributed by atoms with Crippen LogP contribution in [0.2, 0.25) is 0 Å². The summed E-state index contributed by atoms with van der Waals surface area (Å²) < 4.78 is 79.6. The predicted molar refractivity (Wildman–Crippen MR) is 111 cm³/mol. The maximum absolute atomic E-state index is 14.4. The minimum atomic E-state index is -4.64. The van der Waals surface area contributed by atoms with E-state index in [1.165, 1.54) is 6.20 Å². The molecule has 5 heterocycles. The number of anilines is 2. The van der Waals surface area contributed by atoms with E-state index in [9.17, 15) is 26.3 Å². The molecule has 2 saturated heterocycles. The molecule has 5 rings (SSSR count). The molecule has 2 aliphatic rings. The van der Waals surface area contributed by atoms with Crippen LogP contribution in [0.1, 0.15) is 24.8 Å². The van der Waals surface area contributed by atoms with Crippen molar-refractivity contribution in [2.24, 2.45) is 5.41 Å². The second-order valence-electron chi connectivity index (χ2n) is 8.84. The van der Waals surface area contributed by atoms with E-state index in [2.05, 4.69) is 20.1 Å². The highest BCUT2D eigenvalue weighted by molar-refractivity contribution is 5.71. The van der Waals surface area contributed by atoms with Crippen molar-refractivity contribution in [1.82, 2.24) is 24.7 Å². The summed E-state index contributed by atoms with van der Waals surface area (Å²) in [6, 6.07) is 0.490. The van der Waals surface area contributed by atoms with Crippen LogP contribution in [0.25, 0.3) is 11.2 Å². The summed E-state index contributed by atoms with van der Waals surface area (Å²) in [5.74, 6) is -0.465. The van der Waals surface area contributed by atoms with Gasteiger partial charge in [-0.25, -0.2) is 32.8 Å². The zero-order valence-corrected chi connectivity index (χ0v) is 17.9. The first-order chi connectivity index (χ1) is 16.1. The van der Waals surface area contributed by atoms with E-state index >= 15 is 0 Å². The summed E-state index contributed by atoms with van der Waals surface area (Å²) in [6.45, 7) is 1.73. The third kappa shape index (κ3) is 4.23. The normalized spacial score (nSPS) is 18.6. The van der Waals surface area contributed by atoms with Crippen molar-refractivity contribution in [1.29, 1.82) is 0 Å². The lowest BCUT2D eigenvalue weighted by molar-refractivity contribution is -0.138. The minimum Gasteiger partial charge on any atom is -0.355 e. The van der Waals surface area contributed by atoms with Crippen LogP contribution < -0.4 is 9.80 Å². The number of aromatic nitrogens is 5. The molecular weight excluding hydrogens is 464 g/mol. The monoisotopic (exact) mass is 485 g/mol. The van der Waals surface area contributed by atoms with Crippen molar-refractivity contribution in [2.75, 3.05) is 36.0 Å². The van der Waals surface area contributed by atoms with Crippen molar-refractivity contribution >= 4 is 22.8 Å². The second-order valence-corrected chi connectivity index (χ2v) is 8.84. The van der Waals surface area contributed by atoms with Gasteiger partial charge in [-0.2, -0.15) is 18.3 Å². The molecular formula is C21H21F6N7. The van der Waals surface area contributed by atoms with E-state index in [-0.39, 0.29) is 11.2 Å². The Morgan fingerprint density at radius 1 is 0.971 bits per heavy atom. The SMILES string of the molecule is Fc1cc(C(F)(F)F)cnc1N1CCC2(CCN(c3cnc4cnn(CC(F)F)c4n3)CC2)C1. The zero-order valence-electron chi connectivity index (χ0n) is 17.9. The van der Waals surface area contributed by atoms with Gasteiger partial charge >= 0.3 is 6.18 Å². The largest absolute Gasteiger partial charge is 0.417 e. The second kappa shape index (κ2) is 8.27. The molecule has 13 heteroatoms. The molecule has 0 saturated carbocycles. The van der Waals surface area contributed by atoms with Crippen LogP contribution in [0.5, 0.6) is 0 Å². The van der Waals surface area contributed by atoms with Gasteiger partial charge in [-0.1, -0.05) is 0 Å². The Kier molecular flexibility index (Phi) is 5.52. The Bertz CT molecular complexity index is 1190. The number of hydrogen-bond donors (Lipinski definition) is 0. The molecule has 0 N–H and O–H groups in total. The van der Waals surface area contributed by atoms with Gasteiger partial charge in [0.05, 0.1) is 18.0 Å². The van der Waals surface area contributed by atoms with E-state index in [1.807, 2.05) is 4.90 Å². The molecule has 3 aromatic heterocycles. The Morgan fingerprint density at radius 2 is 1.68 bits per heavy atom. The van der Waals surface area contributed by atoms with Crippen molar-refractivity contribution in [3.8, 4) is 0 Å². The third-order valence-electron chi connectivity index (χ3n) is 6.68. The summed E-state index contributed by atoms with van der Waals surface area (Å²) in [5.41, 5.74) is -0.476. The van der Waals surface area contributed by atoms with Gasteiger partial charge < -0.3 is 9.80 Å². The summed E-state index contributed by atoms with van der Waals surface area (Å²) in [6.07, 6.45) is -1.23. The van der Waals surface area contributed by atoms with E-state index in [1.54, 1.807) is 11.1 Å². The zero-order chi connectivity index (χ0) is 24.1. The maximum Gasteiger partial charge on any atom is 0.417 e. The molecule has 0 aliphatic carbocycles. The van der Waals surface area contributed by atoms with Crippen LogP contribution >= 0.6 is 0 Å². The Morgan fingerprint density at radius 3 is 2.32 bits per heavy atom. The van der Waals surface area contributed by atoms with E-state index in [4.69, 9.17) is 0 Å². The van der Waals surface area contributed by atoms with Crippen molar-refractivity contribution in [2.45, 2.75) is 38.4 Å². The molecule has 0 radical (unpaired) electrons. The quantitative estimate of drug-likeness (QED) is 0.518. The van der Waals surface area contributed by atoms with Gasteiger partial charge in [0, 0.05) is 32.4 Å². The van der Waals surface area contributed by atoms with Gasteiger partial charge in [-0.05, 0) is 30.7 Å². The predicted octanol–water partition coefficient (Wildman–Crippen LogP) is 4.14. The van der Waals surface area contributed by atoms with Crippen LogP contribution in [-0.2, 0) is 12.7 Å². The number of fused-ring (bicyclic) bond motifs is 1. The molecule has 0 aromatic carbocycles. The molecule has 3 aromatic rings. The number of alkyl halides is 5. The molecule has 0 unspecified atom stereocenters. The van der Waals surface area contributed by atoms with Gasteiger partial charge in [0.2, 0.25) is 0 Å².